The maximum absolute atomic E-state index is 15.4. The fraction of sp³-hybridized carbons (Fsp3) is 0.436. The van der Waals surface area contributed by atoms with Crippen molar-refractivity contribution in [1.29, 1.82) is 0 Å². The molecule has 22 N–H and O–H groups in total. The summed E-state index contributed by atoms with van der Waals surface area (Å²) in [7, 11) is 0. The van der Waals surface area contributed by atoms with Crippen molar-refractivity contribution in [3.8, 4) is 0 Å². The van der Waals surface area contributed by atoms with Gasteiger partial charge in [0.25, 0.3) is 0 Å². The third-order valence-electron chi connectivity index (χ3n) is 18.9. The van der Waals surface area contributed by atoms with Crippen LogP contribution in [0, 0.1) is 5.92 Å². The van der Waals surface area contributed by atoms with Gasteiger partial charge in [0.1, 0.15) is 66.5 Å². The molecule has 0 bridgehead atoms. The van der Waals surface area contributed by atoms with Crippen LogP contribution in [0.1, 0.15) is 109 Å². The molecule has 38 heteroatoms. The summed E-state index contributed by atoms with van der Waals surface area (Å²) in [6.45, 7) is 8.64. The number of nitrogens with two attached hydrogens (primary N) is 2. The number of hydrogen-bond acceptors (Lipinski definition) is 19. The number of unbranched alkanes of at least 4 members (excludes halogenated alkanes) is 1. The predicted octanol–water partition coefficient (Wildman–Crippen LogP) is -0.435. The normalized spacial score (nSPS) is 16.1. The number of hydrogen-bond donors (Lipinski definition) is 20. The third-order valence-corrected chi connectivity index (χ3v) is 19.1. The number of halogens is 1. The topological polar surface area (TPSA) is 561 Å². The molecule has 19 amide bonds. The number of aliphatic hydroxyl groups is 1. The molecule has 2 saturated heterocycles. The van der Waals surface area contributed by atoms with E-state index in [9.17, 15) is 77.4 Å². The van der Waals surface area contributed by atoms with E-state index in [1.807, 2.05) is 55.6 Å². The standard InChI is InChI=1S/C78H102ClN19O18/c1-41(2)32-55(67(104)88-54(14-9-10-30-82-42(3)4)75(112)98-31-11-15-63(98)74(111)84-43(5)65(80)102)89-69(106)57(35-47-21-28-53(29-22-47)87-76(81)113)91-70(107)58(36-46-19-26-52(27-20-46)86-66(103)60-38-64(101)96-78(115)95-60)92-73(110)62(40-99)94-72(109)61(39-83-77(114)97-116)93-71(108)59(34-45-17-24-51(79)25-18-45)90-68(105)56(85-44(6)100)37-48-16-23-49-12-7-8-13-50(49)33-48/h7-8,12-13,16-29,33,41-43,54-63,82,99,116H,9-11,14-15,30-32,34-40H2,1-6H3,(H2,80,102)(H,84,111)(H,85,100)(H,86,103)(H,88,104)(H,89,106)(H,90,105)(H,91,107)(H,92,110)(H,93,108)(H,94,109)(H3,81,87,113)(H2,83,97,114)(H2,95,96,101,115)/t43-,54+,55+,56-,57-,58+,59-,60+,61-,62+,63+/m1/s1. The van der Waals surface area contributed by atoms with Crippen LogP contribution in [0.25, 0.3) is 10.8 Å². The van der Waals surface area contributed by atoms with Crippen molar-refractivity contribution in [2.45, 2.75) is 185 Å². The van der Waals surface area contributed by atoms with Crippen LogP contribution in [0.5, 0.6) is 0 Å². The Kier molecular flexibility index (Phi) is 34.7. The van der Waals surface area contributed by atoms with E-state index in [0.29, 0.717) is 47.5 Å². The van der Waals surface area contributed by atoms with Crippen molar-refractivity contribution in [2.24, 2.45) is 17.4 Å². The van der Waals surface area contributed by atoms with E-state index >= 15 is 9.59 Å². The molecule has 5 aromatic rings. The monoisotopic (exact) mass is 1630 g/mol. The molecule has 11 atom stereocenters. The average Bonchev–Trinajstić information content (AvgIpc) is 1.44. The first-order valence-corrected chi connectivity index (χ1v) is 38.2. The molecule has 0 aromatic heterocycles. The number of imide groups is 1. The number of likely N-dealkylation sites (tertiary alicyclic amines) is 1. The highest BCUT2D eigenvalue weighted by Gasteiger charge is 2.41. The van der Waals surface area contributed by atoms with E-state index < -0.39 is 181 Å². The molecule has 2 heterocycles. The molecule has 0 aliphatic carbocycles. The van der Waals surface area contributed by atoms with Crippen LogP contribution in [0.4, 0.5) is 25.8 Å². The quantitative estimate of drug-likeness (QED) is 0.0134. The van der Waals surface area contributed by atoms with Gasteiger partial charge in [-0.2, -0.15) is 0 Å². The molecule has 2 aliphatic rings. The highest BCUT2D eigenvalue weighted by Crippen LogP contribution is 2.23. The fourth-order valence-electron chi connectivity index (χ4n) is 12.9. The molecule has 37 nitrogen and oxygen atoms in total. The summed E-state index contributed by atoms with van der Waals surface area (Å²) in [5, 5.41) is 60.8. The smallest absolute Gasteiger partial charge is 0.338 e. The SMILES string of the molecule is CC(=O)N[C@H](Cc1ccc2ccccc2c1)C(=O)N[C@H](Cc1ccc(Cl)cc1)C(=O)N[C@H](CNC(=O)NO)C(=O)N[C@@H](CO)C(=O)N[C@@H](Cc1ccc(NC(=O)[C@@H]2CC(=O)NC(=O)N2)cc1)C(=O)N[C@H](Cc1ccc(NC(N)=O)cc1)C(=O)N[C@@H](CC(C)C)C(=O)N[C@@H](CCCCNC(C)C)C(=O)N1CCC[C@H]1C(=O)N[C@H](C)C(N)=O. The fourth-order valence-corrected chi connectivity index (χ4v) is 13.0. The van der Waals surface area contributed by atoms with Crippen LogP contribution in [-0.2, 0) is 88.0 Å². The Morgan fingerprint density at radius 2 is 1.03 bits per heavy atom. The zero-order valence-corrected chi connectivity index (χ0v) is 65.7. The Morgan fingerprint density at radius 3 is 1.56 bits per heavy atom. The number of primary amides is 2. The summed E-state index contributed by atoms with van der Waals surface area (Å²) in [4.78, 5) is 220. The van der Waals surface area contributed by atoms with Crippen molar-refractivity contribution in [2.75, 3.05) is 36.9 Å². The van der Waals surface area contributed by atoms with E-state index in [0.717, 1.165) is 10.8 Å². The number of urea groups is 3. The van der Waals surface area contributed by atoms with Crippen LogP contribution in [-0.4, -0.2) is 209 Å². The first-order valence-electron chi connectivity index (χ1n) is 37.9. The molecular weight excluding hydrogens is 1530 g/mol. The minimum absolute atomic E-state index is 0.0523. The summed E-state index contributed by atoms with van der Waals surface area (Å²) in [5.41, 5.74) is 14.2. The molecule has 2 aliphatic heterocycles. The van der Waals surface area contributed by atoms with Crippen LogP contribution in [0.2, 0.25) is 5.02 Å². The van der Waals surface area contributed by atoms with Gasteiger partial charge in [-0.3, -0.25) is 72.9 Å². The van der Waals surface area contributed by atoms with Gasteiger partial charge in [0.2, 0.25) is 76.8 Å². The van der Waals surface area contributed by atoms with Gasteiger partial charge in [0.15, 0.2) is 0 Å². The minimum atomic E-state index is -2.05. The molecule has 0 spiro atoms. The number of nitrogens with one attached hydrogen (secondary N) is 16. The lowest BCUT2D eigenvalue weighted by molar-refractivity contribution is -0.142. The molecule has 7 rings (SSSR count). The summed E-state index contributed by atoms with van der Waals surface area (Å²) in [6, 6.07) is 11.2. The third kappa shape index (κ3) is 28.9. The second kappa shape index (κ2) is 44.3. The Morgan fingerprint density at radius 1 is 0.552 bits per heavy atom. The number of fused-ring (bicyclic) bond motifs is 1. The lowest BCUT2D eigenvalue weighted by Gasteiger charge is -2.31. The maximum atomic E-state index is 15.4. The van der Waals surface area contributed by atoms with Crippen LogP contribution < -0.4 is 96.7 Å². The molecule has 0 saturated carbocycles. The number of hydroxylamine groups is 1. The van der Waals surface area contributed by atoms with E-state index in [4.69, 9.17) is 23.1 Å². The van der Waals surface area contributed by atoms with Gasteiger partial charge in [-0.05, 0) is 127 Å². The van der Waals surface area contributed by atoms with Crippen molar-refractivity contribution >= 4 is 129 Å². The maximum Gasteiger partial charge on any atom is 0.338 e. The van der Waals surface area contributed by atoms with Gasteiger partial charge in [0, 0.05) is 68.1 Å². The van der Waals surface area contributed by atoms with Gasteiger partial charge in [-0.25, -0.2) is 19.9 Å². The van der Waals surface area contributed by atoms with Gasteiger partial charge < -0.3 is 95.9 Å². The Bertz CT molecular complexity index is 4350. The van der Waals surface area contributed by atoms with Crippen LogP contribution >= 0.6 is 11.6 Å². The number of amides is 19. The number of aliphatic hydroxyl groups excluding tert-OH is 1. The first kappa shape index (κ1) is 90.8. The summed E-state index contributed by atoms with van der Waals surface area (Å²) in [6.07, 6.45) is 0.0666. The summed E-state index contributed by atoms with van der Waals surface area (Å²) in [5.74, 6) is -11.9. The largest absolute Gasteiger partial charge is 0.394 e. The Balaban J connectivity index is 1.20. The zero-order valence-electron chi connectivity index (χ0n) is 65.0. The van der Waals surface area contributed by atoms with Gasteiger partial charge in [0.05, 0.1) is 13.0 Å². The second-order valence-corrected chi connectivity index (χ2v) is 29.5. The number of carbonyl (C=O) groups is 16. The van der Waals surface area contributed by atoms with Gasteiger partial charge >= 0.3 is 18.1 Å². The summed E-state index contributed by atoms with van der Waals surface area (Å²) >= 11 is 6.21. The lowest BCUT2D eigenvalue weighted by Crippen LogP contribution is -2.63. The lowest BCUT2D eigenvalue weighted by atomic mass is 9.99. The van der Waals surface area contributed by atoms with E-state index in [2.05, 4.69) is 74.4 Å². The van der Waals surface area contributed by atoms with Crippen LogP contribution in [0.15, 0.2) is 115 Å². The molecule has 624 valence electrons. The molecule has 116 heavy (non-hydrogen) atoms. The number of carbonyl (C=O) groups excluding carboxylic acids is 16. The molecular formula is C78H102ClN19O18. The van der Waals surface area contributed by atoms with Crippen LogP contribution in [0.3, 0.4) is 0 Å². The second-order valence-electron chi connectivity index (χ2n) is 29.0. The first-order chi connectivity index (χ1) is 55.1. The molecule has 0 radical (unpaired) electrons. The number of rotatable bonds is 41. The van der Waals surface area contributed by atoms with E-state index in [-0.39, 0.29) is 80.4 Å². The predicted molar refractivity (Wildman–Crippen MR) is 425 cm³/mol. The van der Waals surface area contributed by atoms with Gasteiger partial charge in [-0.15, -0.1) is 0 Å². The molecule has 5 aromatic carbocycles. The summed E-state index contributed by atoms with van der Waals surface area (Å²) < 4.78 is 0. The highest BCUT2D eigenvalue weighted by molar-refractivity contribution is 6.30. The van der Waals surface area contributed by atoms with Crippen molar-refractivity contribution < 1.29 is 87.0 Å². The average molecular weight is 1630 g/mol. The number of anilines is 2. The van der Waals surface area contributed by atoms with Crippen molar-refractivity contribution in [3.63, 3.8) is 0 Å². The highest BCUT2D eigenvalue weighted by atomic mass is 35.5. The van der Waals surface area contributed by atoms with Crippen molar-refractivity contribution in [1.82, 2.24) is 79.5 Å². The van der Waals surface area contributed by atoms with E-state index in [1.165, 1.54) is 84.9 Å². The van der Waals surface area contributed by atoms with Crippen molar-refractivity contribution in [3.05, 3.63) is 143 Å². The van der Waals surface area contributed by atoms with Gasteiger partial charge in [-0.1, -0.05) is 118 Å². The minimum Gasteiger partial charge on any atom is -0.394 e. The zero-order chi connectivity index (χ0) is 84.9. The molecule has 0 unspecified atom stereocenters. The Hall–Kier alpha value is -12.3. The number of nitrogens with zero attached hydrogens (tertiary/aromatic N) is 1. The van der Waals surface area contributed by atoms with E-state index in [1.54, 1.807) is 32.0 Å². The number of benzene rings is 5. The Labute approximate surface area is 673 Å². The molecule has 2 fully saturated rings.